The van der Waals surface area contributed by atoms with Crippen LogP contribution in [0.5, 0.6) is 0 Å². The molecular formula is C23H24N4O3. The van der Waals surface area contributed by atoms with Gasteiger partial charge in [-0.15, -0.1) is 0 Å². The van der Waals surface area contributed by atoms with Crippen LogP contribution in [0.25, 0.3) is 0 Å². The van der Waals surface area contributed by atoms with Gasteiger partial charge in [0.05, 0.1) is 6.04 Å². The lowest BCUT2D eigenvalue weighted by atomic mass is 9.96. The Labute approximate surface area is 175 Å². The molecule has 154 valence electrons. The van der Waals surface area contributed by atoms with Crippen molar-refractivity contribution in [2.45, 2.75) is 13.0 Å². The Balaban J connectivity index is 1.43. The van der Waals surface area contributed by atoms with Crippen molar-refractivity contribution in [1.82, 2.24) is 15.0 Å². The van der Waals surface area contributed by atoms with Crippen LogP contribution in [0.1, 0.15) is 22.9 Å². The molecule has 7 nitrogen and oxygen atoms in total. The first-order valence-corrected chi connectivity index (χ1v) is 9.99. The molecule has 1 aromatic heterocycles. The zero-order valence-corrected chi connectivity index (χ0v) is 16.8. The normalized spacial score (nSPS) is 14.7. The molecule has 0 spiro atoms. The molecule has 1 N–H and O–H groups in total. The van der Waals surface area contributed by atoms with Gasteiger partial charge in [0.2, 0.25) is 0 Å². The van der Waals surface area contributed by atoms with E-state index >= 15 is 0 Å². The molecule has 2 amide bonds. The standard InChI is InChI=1S/C23H24N4O3/c1-17-16-20(25-30-17)24-22(28)23(29)27-14-12-26(13-15-27)21(18-8-4-2-5-9-18)19-10-6-3-7-11-19/h2-11,16,21H,12-15H2,1H3,(H,24,25,28). The Kier molecular flexibility index (Phi) is 5.90. The first-order valence-electron chi connectivity index (χ1n) is 9.99. The summed E-state index contributed by atoms with van der Waals surface area (Å²) in [5.74, 6) is -0.428. The molecule has 30 heavy (non-hydrogen) atoms. The van der Waals surface area contributed by atoms with Crippen LogP contribution in [0.2, 0.25) is 0 Å². The highest BCUT2D eigenvalue weighted by atomic mass is 16.5. The van der Waals surface area contributed by atoms with Gasteiger partial charge in [0.15, 0.2) is 5.82 Å². The molecule has 3 aromatic rings. The predicted octanol–water partition coefficient (Wildman–Crippen LogP) is 2.86. The first kappa shape index (κ1) is 19.8. The summed E-state index contributed by atoms with van der Waals surface area (Å²) in [5, 5.41) is 6.20. The molecule has 1 fully saturated rings. The van der Waals surface area contributed by atoms with E-state index in [1.165, 1.54) is 11.1 Å². The SMILES string of the molecule is Cc1cc(NC(=O)C(=O)N2CCN(C(c3ccccc3)c3ccccc3)CC2)no1. The molecule has 1 aliphatic rings. The smallest absolute Gasteiger partial charge is 0.315 e. The van der Waals surface area contributed by atoms with Crippen molar-refractivity contribution < 1.29 is 14.1 Å². The number of carbonyl (C=O) groups is 2. The predicted molar refractivity (Wildman–Crippen MR) is 113 cm³/mol. The lowest BCUT2D eigenvalue weighted by Gasteiger charge is -2.39. The first-order chi connectivity index (χ1) is 14.6. The highest BCUT2D eigenvalue weighted by Crippen LogP contribution is 2.29. The molecule has 0 unspecified atom stereocenters. The van der Waals surface area contributed by atoms with Crippen LogP contribution in [0.15, 0.2) is 71.3 Å². The maximum absolute atomic E-state index is 12.6. The number of amides is 2. The molecule has 0 radical (unpaired) electrons. The van der Waals surface area contributed by atoms with E-state index in [1.54, 1.807) is 17.9 Å². The van der Waals surface area contributed by atoms with Crippen molar-refractivity contribution in [3.8, 4) is 0 Å². The van der Waals surface area contributed by atoms with Crippen LogP contribution in [0.3, 0.4) is 0 Å². The Morgan fingerprint density at radius 3 is 2.00 bits per heavy atom. The summed E-state index contributed by atoms with van der Waals surface area (Å²) in [5.41, 5.74) is 2.42. The van der Waals surface area contributed by atoms with Crippen LogP contribution < -0.4 is 5.32 Å². The average Bonchev–Trinajstić information content (AvgIpc) is 3.20. The Morgan fingerprint density at radius 2 is 1.50 bits per heavy atom. The molecule has 4 rings (SSSR count). The fraction of sp³-hybridized carbons (Fsp3) is 0.261. The molecule has 0 saturated carbocycles. The molecule has 0 aliphatic carbocycles. The Bertz CT molecular complexity index is 956. The minimum Gasteiger partial charge on any atom is -0.360 e. The van der Waals surface area contributed by atoms with Gasteiger partial charge in [0.1, 0.15) is 5.76 Å². The van der Waals surface area contributed by atoms with E-state index in [0.29, 0.717) is 31.9 Å². The number of aryl methyl sites for hydroxylation is 1. The second-order valence-electron chi connectivity index (χ2n) is 7.33. The second kappa shape index (κ2) is 8.92. The molecule has 2 aromatic carbocycles. The number of aromatic nitrogens is 1. The van der Waals surface area contributed by atoms with E-state index in [1.807, 2.05) is 36.4 Å². The van der Waals surface area contributed by atoms with E-state index in [0.717, 1.165) is 0 Å². The summed E-state index contributed by atoms with van der Waals surface area (Å²) in [6, 6.07) is 22.4. The number of nitrogens with one attached hydrogen (secondary N) is 1. The highest BCUT2D eigenvalue weighted by Gasteiger charge is 2.30. The molecule has 0 atom stereocenters. The molecule has 2 heterocycles. The third-order valence-corrected chi connectivity index (χ3v) is 5.26. The van der Waals surface area contributed by atoms with Crippen molar-refractivity contribution in [3.63, 3.8) is 0 Å². The monoisotopic (exact) mass is 404 g/mol. The third kappa shape index (κ3) is 4.41. The zero-order valence-electron chi connectivity index (χ0n) is 16.8. The van der Waals surface area contributed by atoms with Crippen LogP contribution in [-0.2, 0) is 9.59 Å². The summed E-state index contributed by atoms with van der Waals surface area (Å²) in [7, 11) is 0. The van der Waals surface area contributed by atoms with Crippen molar-refractivity contribution in [2.24, 2.45) is 0 Å². The van der Waals surface area contributed by atoms with Gasteiger partial charge in [-0.2, -0.15) is 0 Å². The van der Waals surface area contributed by atoms with Gasteiger partial charge in [-0.25, -0.2) is 0 Å². The summed E-state index contributed by atoms with van der Waals surface area (Å²) >= 11 is 0. The number of piperazine rings is 1. The Hall–Kier alpha value is -3.45. The van der Waals surface area contributed by atoms with Crippen LogP contribution in [-0.4, -0.2) is 52.9 Å². The Morgan fingerprint density at radius 1 is 0.933 bits per heavy atom. The second-order valence-corrected chi connectivity index (χ2v) is 7.33. The van der Waals surface area contributed by atoms with Crippen molar-refractivity contribution in [3.05, 3.63) is 83.6 Å². The van der Waals surface area contributed by atoms with Crippen LogP contribution in [0, 0.1) is 6.92 Å². The van der Waals surface area contributed by atoms with Crippen LogP contribution >= 0.6 is 0 Å². The number of benzene rings is 2. The van der Waals surface area contributed by atoms with Crippen molar-refractivity contribution in [2.75, 3.05) is 31.5 Å². The fourth-order valence-corrected chi connectivity index (χ4v) is 3.81. The molecule has 1 saturated heterocycles. The minimum atomic E-state index is -0.695. The molecule has 7 heteroatoms. The van der Waals surface area contributed by atoms with Gasteiger partial charge in [-0.3, -0.25) is 19.8 Å². The van der Waals surface area contributed by atoms with E-state index in [9.17, 15) is 9.59 Å². The van der Waals surface area contributed by atoms with E-state index < -0.39 is 11.8 Å². The van der Waals surface area contributed by atoms with Crippen molar-refractivity contribution in [1.29, 1.82) is 0 Å². The number of hydrogen-bond donors (Lipinski definition) is 1. The highest BCUT2D eigenvalue weighted by molar-refractivity contribution is 6.39. The fourth-order valence-electron chi connectivity index (χ4n) is 3.81. The quantitative estimate of drug-likeness (QED) is 0.677. The number of carbonyl (C=O) groups excluding carboxylic acids is 2. The molecule has 0 bridgehead atoms. The summed E-state index contributed by atoms with van der Waals surface area (Å²) in [6.07, 6.45) is 0. The van der Waals surface area contributed by atoms with Gasteiger partial charge in [0, 0.05) is 32.2 Å². The minimum absolute atomic E-state index is 0.108. The molecular weight excluding hydrogens is 380 g/mol. The average molecular weight is 404 g/mol. The number of rotatable bonds is 4. The lowest BCUT2D eigenvalue weighted by Crippen LogP contribution is -2.52. The summed E-state index contributed by atoms with van der Waals surface area (Å²) in [6.45, 7) is 4.05. The van der Waals surface area contributed by atoms with Gasteiger partial charge >= 0.3 is 11.8 Å². The number of nitrogens with zero attached hydrogens (tertiary/aromatic N) is 3. The third-order valence-electron chi connectivity index (χ3n) is 5.26. The largest absolute Gasteiger partial charge is 0.360 e. The summed E-state index contributed by atoms with van der Waals surface area (Å²) in [4.78, 5) is 28.8. The van der Waals surface area contributed by atoms with Crippen LogP contribution in [0.4, 0.5) is 5.82 Å². The van der Waals surface area contributed by atoms with E-state index in [2.05, 4.69) is 39.6 Å². The van der Waals surface area contributed by atoms with Gasteiger partial charge in [-0.05, 0) is 18.1 Å². The molecule has 1 aliphatic heterocycles. The number of hydrogen-bond acceptors (Lipinski definition) is 5. The van der Waals surface area contributed by atoms with E-state index in [-0.39, 0.29) is 11.9 Å². The van der Waals surface area contributed by atoms with Crippen molar-refractivity contribution >= 4 is 17.6 Å². The van der Waals surface area contributed by atoms with Gasteiger partial charge in [0.25, 0.3) is 0 Å². The van der Waals surface area contributed by atoms with Gasteiger partial charge < -0.3 is 9.42 Å². The maximum atomic E-state index is 12.6. The summed E-state index contributed by atoms with van der Waals surface area (Å²) < 4.78 is 4.92. The zero-order chi connectivity index (χ0) is 20.9. The maximum Gasteiger partial charge on any atom is 0.315 e. The van der Waals surface area contributed by atoms with Gasteiger partial charge in [-0.1, -0.05) is 65.8 Å². The van der Waals surface area contributed by atoms with E-state index in [4.69, 9.17) is 4.52 Å². The number of anilines is 1. The lowest BCUT2D eigenvalue weighted by molar-refractivity contribution is -0.144. The topological polar surface area (TPSA) is 78.7 Å².